The number of anilines is 1. The first-order valence-corrected chi connectivity index (χ1v) is 7.06. The van der Waals surface area contributed by atoms with Crippen LogP contribution in [0.3, 0.4) is 0 Å². The number of nitrogens with zero attached hydrogens (tertiary/aromatic N) is 2. The summed E-state index contributed by atoms with van der Waals surface area (Å²) in [7, 11) is 0. The highest BCUT2D eigenvalue weighted by molar-refractivity contribution is 5.71. The second-order valence-corrected chi connectivity index (χ2v) is 6.13. The van der Waals surface area contributed by atoms with Crippen LogP contribution in [0.1, 0.15) is 13.8 Å². The van der Waals surface area contributed by atoms with Crippen molar-refractivity contribution in [3.8, 4) is 11.4 Å². The molecule has 0 spiro atoms. The van der Waals surface area contributed by atoms with E-state index in [2.05, 4.69) is 20.0 Å². The predicted octanol–water partition coefficient (Wildman–Crippen LogP) is 1.77. The quantitative estimate of drug-likeness (QED) is 0.650. The van der Waals surface area contributed by atoms with Crippen LogP contribution >= 0.6 is 0 Å². The van der Waals surface area contributed by atoms with E-state index in [0.29, 0.717) is 24.5 Å². The Morgan fingerprint density at radius 2 is 2.26 bits per heavy atom. The van der Waals surface area contributed by atoms with E-state index in [1.54, 1.807) is 6.07 Å². The van der Waals surface area contributed by atoms with Gasteiger partial charge in [-0.15, -0.1) is 0 Å². The number of nitro groups is 1. The molecule has 2 aromatic rings. The zero-order chi connectivity index (χ0) is 16.6. The van der Waals surface area contributed by atoms with Gasteiger partial charge >= 0.3 is 5.76 Å². The van der Waals surface area contributed by atoms with E-state index in [-0.39, 0.29) is 23.0 Å². The maximum Gasteiger partial charge on any atom is 0.439 e. The Hall–Kier alpha value is -2.68. The fraction of sp³-hybridized carbons (Fsp3) is 0.429. The molecular formula is C14H16N4O5. The van der Waals surface area contributed by atoms with Crippen molar-refractivity contribution in [2.75, 3.05) is 18.5 Å². The van der Waals surface area contributed by atoms with E-state index in [9.17, 15) is 14.9 Å². The topological polar surface area (TPSA) is 123 Å². The monoisotopic (exact) mass is 320 g/mol. The van der Waals surface area contributed by atoms with Crippen LogP contribution in [-0.4, -0.2) is 34.3 Å². The molecule has 1 atom stereocenters. The van der Waals surface area contributed by atoms with Crippen LogP contribution in [-0.2, 0) is 4.74 Å². The van der Waals surface area contributed by atoms with Crippen molar-refractivity contribution in [1.82, 2.24) is 10.1 Å². The first-order chi connectivity index (χ1) is 10.9. The van der Waals surface area contributed by atoms with Crippen LogP contribution in [0.15, 0.2) is 27.5 Å². The number of aromatic amines is 1. The average molecular weight is 320 g/mol. The number of aromatic nitrogens is 2. The summed E-state index contributed by atoms with van der Waals surface area (Å²) >= 11 is 0. The third-order valence-corrected chi connectivity index (χ3v) is 3.94. The third kappa shape index (κ3) is 2.95. The lowest BCUT2D eigenvalue weighted by atomic mass is 9.87. The highest BCUT2D eigenvalue weighted by Gasteiger charge is 2.36. The van der Waals surface area contributed by atoms with Crippen molar-refractivity contribution < 1.29 is 14.2 Å². The summed E-state index contributed by atoms with van der Waals surface area (Å²) in [4.78, 5) is 24.3. The Bertz CT molecular complexity index is 794. The van der Waals surface area contributed by atoms with Gasteiger partial charge in [0, 0.05) is 17.0 Å². The molecule has 1 aromatic carbocycles. The van der Waals surface area contributed by atoms with Crippen molar-refractivity contribution in [3.05, 3.63) is 38.9 Å². The number of ether oxygens (including phenoxy) is 1. The van der Waals surface area contributed by atoms with Crippen LogP contribution in [0, 0.1) is 15.5 Å². The maximum absolute atomic E-state index is 11.3. The molecule has 1 fully saturated rings. The fourth-order valence-corrected chi connectivity index (χ4v) is 2.50. The van der Waals surface area contributed by atoms with Gasteiger partial charge in [-0.3, -0.25) is 19.6 Å². The summed E-state index contributed by atoms with van der Waals surface area (Å²) in [5, 5.41) is 18.0. The standard InChI is InChI=1S/C14H16N4O5/c1-14(2)7-22-6-11(14)15-9-5-8(3-4-10(9)18(20)21)12-16-13(19)23-17-12/h3-5,11,15H,6-7H2,1-2H3,(H,16,17,19)/t11-/m1/s1. The lowest BCUT2D eigenvalue weighted by Crippen LogP contribution is -2.34. The van der Waals surface area contributed by atoms with Crippen molar-refractivity contribution in [1.29, 1.82) is 0 Å². The summed E-state index contributed by atoms with van der Waals surface area (Å²) in [6.07, 6.45) is 0. The second kappa shape index (κ2) is 5.51. The number of hydrogen-bond acceptors (Lipinski definition) is 7. The number of rotatable bonds is 4. The molecule has 1 aliphatic rings. The molecule has 9 heteroatoms. The molecule has 9 nitrogen and oxygen atoms in total. The maximum atomic E-state index is 11.3. The van der Waals surface area contributed by atoms with Gasteiger partial charge in [-0.1, -0.05) is 19.0 Å². The summed E-state index contributed by atoms with van der Waals surface area (Å²) in [5.41, 5.74) is 0.661. The van der Waals surface area contributed by atoms with Gasteiger partial charge in [-0.05, 0) is 12.1 Å². The van der Waals surface area contributed by atoms with Crippen molar-refractivity contribution in [2.45, 2.75) is 19.9 Å². The van der Waals surface area contributed by atoms with Gasteiger partial charge in [-0.2, -0.15) is 0 Å². The normalized spacial score (nSPS) is 19.7. The van der Waals surface area contributed by atoms with Gasteiger partial charge < -0.3 is 10.1 Å². The zero-order valence-corrected chi connectivity index (χ0v) is 12.7. The molecule has 0 amide bonds. The molecular weight excluding hydrogens is 304 g/mol. The Morgan fingerprint density at radius 3 is 2.83 bits per heavy atom. The van der Waals surface area contributed by atoms with Gasteiger partial charge in [0.05, 0.1) is 24.2 Å². The number of nitrogens with one attached hydrogen (secondary N) is 2. The minimum atomic E-state index is -0.682. The number of nitro benzene ring substituents is 1. The molecule has 1 aliphatic heterocycles. The molecule has 3 rings (SSSR count). The van der Waals surface area contributed by atoms with Gasteiger partial charge in [-0.25, -0.2) is 4.79 Å². The Labute approximate surface area is 130 Å². The van der Waals surface area contributed by atoms with Crippen molar-refractivity contribution >= 4 is 11.4 Å². The molecule has 0 radical (unpaired) electrons. The lowest BCUT2D eigenvalue weighted by Gasteiger charge is -2.26. The first-order valence-electron chi connectivity index (χ1n) is 7.06. The van der Waals surface area contributed by atoms with Gasteiger partial charge in [0.25, 0.3) is 5.69 Å². The lowest BCUT2D eigenvalue weighted by molar-refractivity contribution is -0.384. The molecule has 2 N–H and O–H groups in total. The SMILES string of the molecule is CC1(C)COC[C@H]1Nc1cc(-c2noc(=O)[nH]2)ccc1[N+](=O)[O-]. The van der Waals surface area contributed by atoms with E-state index < -0.39 is 10.7 Å². The smallest absolute Gasteiger partial charge is 0.379 e. The minimum absolute atomic E-state index is 0.0534. The number of H-pyrrole nitrogens is 1. The van der Waals surface area contributed by atoms with Gasteiger partial charge in [0.1, 0.15) is 5.69 Å². The molecule has 1 saturated heterocycles. The first kappa shape index (κ1) is 15.2. The fourth-order valence-electron chi connectivity index (χ4n) is 2.50. The van der Waals surface area contributed by atoms with Crippen LogP contribution in [0.25, 0.3) is 11.4 Å². The summed E-state index contributed by atoms with van der Waals surface area (Å²) in [6, 6.07) is 4.38. The summed E-state index contributed by atoms with van der Waals surface area (Å²) in [5.74, 6) is -0.465. The second-order valence-electron chi connectivity index (χ2n) is 6.13. The zero-order valence-electron chi connectivity index (χ0n) is 12.7. The molecule has 0 bridgehead atoms. The van der Waals surface area contributed by atoms with Crippen molar-refractivity contribution in [2.24, 2.45) is 5.41 Å². The van der Waals surface area contributed by atoms with Gasteiger partial charge in [0.2, 0.25) is 0 Å². The van der Waals surface area contributed by atoms with E-state index in [0.717, 1.165) is 0 Å². The summed E-state index contributed by atoms with van der Waals surface area (Å²) < 4.78 is 9.92. The predicted molar refractivity (Wildman–Crippen MR) is 81.2 cm³/mol. The van der Waals surface area contributed by atoms with Crippen LogP contribution in [0.5, 0.6) is 0 Å². The molecule has 0 saturated carbocycles. The van der Waals surface area contributed by atoms with Crippen LogP contribution in [0.4, 0.5) is 11.4 Å². The largest absolute Gasteiger partial charge is 0.439 e. The molecule has 23 heavy (non-hydrogen) atoms. The van der Waals surface area contributed by atoms with E-state index in [1.165, 1.54) is 12.1 Å². The molecule has 122 valence electrons. The van der Waals surface area contributed by atoms with E-state index in [4.69, 9.17) is 4.74 Å². The van der Waals surface area contributed by atoms with Crippen LogP contribution in [0.2, 0.25) is 0 Å². The third-order valence-electron chi connectivity index (χ3n) is 3.94. The van der Waals surface area contributed by atoms with E-state index in [1.807, 2.05) is 13.8 Å². The molecule has 0 aliphatic carbocycles. The average Bonchev–Trinajstić information content (AvgIpc) is 3.05. The minimum Gasteiger partial charge on any atom is -0.379 e. The Balaban J connectivity index is 1.98. The highest BCUT2D eigenvalue weighted by Crippen LogP contribution is 2.34. The molecule has 0 unspecified atom stereocenters. The van der Waals surface area contributed by atoms with Gasteiger partial charge in [0.15, 0.2) is 5.82 Å². The number of benzene rings is 1. The summed E-state index contributed by atoms with van der Waals surface area (Å²) in [6.45, 7) is 5.11. The van der Waals surface area contributed by atoms with Crippen LogP contribution < -0.4 is 11.1 Å². The van der Waals surface area contributed by atoms with E-state index >= 15 is 0 Å². The molecule has 2 heterocycles. The number of hydrogen-bond donors (Lipinski definition) is 2. The highest BCUT2D eigenvalue weighted by atomic mass is 16.6. The molecule has 1 aromatic heterocycles. The van der Waals surface area contributed by atoms with Crippen molar-refractivity contribution in [3.63, 3.8) is 0 Å². The Morgan fingerprint density at radius 1 is 1.48 bits per heavy atom. The Kier molecular flexibility index (Phi) is 3.64.